The summed E-state index contributed by atoms with van der Waals surface area (Å²) >= 11 is 0. The van der Waals surface area contributed by atoms with Crippen LogP contribution in [0, 0.1) is 0 Å². The second-order valence-corrected chi connectivity index (χ2v) is 4.74. The first-order valence-corrected chi connectivity index (χ1v) is 6.79. The van der Waals surface area contributed by atoms with Gasteiger partial charge in [-0.2, -0.15) is 5.10 Å². The lowest BCUT2D eigenvalue weighted by molar-refractivity contribution is 0.465. The molecule has 0 radical (unpaired) electrons. The van der Waals surface area contributed by atoms with Gasteiger partial charge in [0.15, 0.2) is 0 Å². The molecule has 5 heteroatoms. The van der Waals surface area contributed by atoms with Crippen LogP contribution >= 0.6 is 0 Å². The Bertz CT molecular complexity index is 884. The van der Waals surface area contributed by atoms with Crippen molar-refractivity contribution < 1.29 is 9.52 Å². The van der Waals surface area contributed by atoms with Gasteiger partial charge in [0.05, 0.1) is 23.7 Å². The number of aromatic hydroxyl groups is 1. The molecular weight excluding hydrogens is 280 g/mol. The molecule has 0 aliphatic rings. The fourth-order valence-corrected chi connectivity index (χ4v) is 2.09. The number of phenolic OH excluding ortho intramolecular Hbond substituents is 1. The van der Waals surface area contributed by atoms with E-state index in [9.17, 15) is 9.90 Å². The van der Waals surface area contributed by atoms with Gasteiger partial charge < -0.3 is 14.9 Å². The van der Waals surface area contributed by atoms with Crippen LogP contribution in [0.4, 0.5) is 0 Å². The maximum atomic E-state index is 12.2. The minimum absolute atomic E-state index is 0.130. The second kappa shape index (κ2) is 6.13. The van der Waals surface area contributed by atoms with Gasteiger partial charge in [0.2, 0.25) is 5.43 Å². The van der Waals surface area contributed by atoms with E-state index in [-0.39, 0.29) is 11.2 Å². The van der Waals surface area contributed by atoms with Crippen molar-refractivity contribution >= 4 is 17.2 Å². The average molecular weight is 294 g/mol. The van der Waals surface area contributed by atoms with Gasteiger partial charge in [-0.25, -0.2) is 0 Å². The van der Waals surface area contributed by atoms with Gasteiger partial charge in [-0.05, 0) is 18.2 Å². The van der Waals surface area contributed by atoms with E-state index >= 15 is 0 Å². The zero-order valence-electron chi connectivity index (χ0n) is 11.7. The molecule has 0 aliphatic carbocycles. The summed E-state index contributed by atoms with van der Waals surface area (Å²) in [7, 11) is 0. The topological polar surface area (TPSA) is 74.8 Å². The summed E-state index contributed by atoms with van der Waals surface area (Å²) in [4.78, 5) is 12.2. The van der Waals surface area contributed by atoms with Crippen molar-refractivity contribution in [2.24, 2.45) is 5.10 Å². The highest BCUT2D eigenvalue weighted by molar-refractivity contribution is 5.86. The zero-order valence-corrected chi connectivity index (χ0v) is 11.7. The van der Waals surface area contributed by atoms with Gasteiger partial charge in [-0.1, -0.05) is 30.3 Å². The van der Waals surface area contributed by atoms with Gasteiger partial charge in [0.1, 0.15) is 17.6 Å². The lowest BCUT2D eigenvalue weighted by Gasteiger charge is -2.03. The summed E-state index contributed by atoms with van der Waals surface area (Å²) in [6.45, 7) is 0.363. The van der Waals surface area contributed by atoms with Crippen LogP contribution in [0.1, 0.15) is 11.1 Å². The molecule has 0 amide bonds. The molecule has 0 saturated carbocycles. The van der Waals surface area contributed by atoms with Crippen LogP contribution in [0.2, 0.25) is 0 Å². The SMILES string of the molecule is O=c1c(C=NNCc2ccccc2O)coc2ccccc12. The van der Waals surface area contributed by atoms with Crippen LogP contribution in [0.5, 0.6) is 5.75 Å². The Kier molecular flexibility index (Phi) is 3.87. The number of nitrogens with zero attached hydrogens (tertiary/aromatic N) is 1. The van der Waals surface area contributed by atoms with E-state index in [2.05, 4.69) is 10.5 Å². The van der Waals surface area contributed by atoms with Crippen LogP contribution in [-0.2, 0) is 6.54 Å². The number of hydrogen-bond acceptors (Lipinski definition) is 5. The van der Waals surface area contributed by atoms with Crippen LogP contribution in [0.25, 0.3) is 11.0 Å². The van der Waals surface area contributed by atoms with E-state index in [1.165, 1.54) is 12.5 Å². The summed E-state index contributed by atoms with van der Waals surface area (Å²) in [5, 5.41) is 14.2. The van der Waals surface area contributed by atoms with E-state index < -0.39 is 0 Å². The van der Waals surface area contributed by atoms with Crippen molar-refractivity contribution in [3.63, 3.8) is 0 Å². The van der Waals surface area contributed by atoms with Crippen molar-refractivity contribution in [2.45, 2.75) is 6.54 Å². The van der Waals surface area contributed by atoms with Gasteiger partial charge in [0.25, 0.3) is 0 Å². The summed E-state index contributed by atoms with van der Waals surface area (Å²) < 4.78 is 5.40. The van der Waals surface area contributed by atoms with Crippen LogP contribution in [0.15, 0.2) is 69.1 Å². The van der Waals surface area contributed by atoms with E-state index in [1.54, 1.807) is 36.4 Å². The molecule has 110 valence electrons. The third kappa shape index (κ3) is 2.83. The lowest BCUT2D eigenvalue weighted by atomic mass is 10.2. The van der Waals surface area contributed by atoms with Crippen LogP contribution < -0.4 is 10.9 Å². The maximum absolute atomic E-state index is 12.2. The standard InChI is InChI=1S/C17H14N2O3/c20-15-7-3-1-5-12(15)9-18-19-10-13-11-22-16-8-4-2-6-14(16)17(13)21/h1-8,10-11,18,20H,9H2. The molecule has 0 fully saturated rings. The van der Waals surface area contributed by atoms with E-state index in [1.807, 2.05) is 12.1 Å². The van der Waals surface area contributed by atoms with Crippen molar-refractivity contribution in [1.29, 1.82) is 0 Å². The molecule has 2 aromatic carbocycles. The monoisotopic (exact) mass is 294 g/mol. The Hall–Kier alpha value is -3.08. The van der Waals surface area contributed by atoms with Gasteiger partial charge in [-0.3, -0.25) is 4.79 Å². The molecule has 0 aliphatic heterocycles. The summed E-state index contributed by atoms with van der Waals surface area (Å²) in [5.41, 5.74) is 4.30. The first-order chi connectivity index (χ1) is 10.8. The van der Waals surface area contributed by atoms with Gasteiger partial charge in [0, 0.05) is 5.56 Å². The Balaban J connectivity index is 1.75. The lowest BCUT2D eigenvalue weighted by Crippen LogP contribution is -2.11. The van der Waals surface area contributed by atoms with Gasteiger partial charge in [-0.15, -0.1) is 0 Å². The molecule has 22 heavy (non-hydrogen) atoms. The maximum Gasteiger partial charge on any atom is 0.201 e. The number of fused-ring (bicyclic) bond motifs is 1. The number of nitrogens with one attached hydrogen (secondary N) is 1. The molecular formula is C17H14N2O3. The highest BCUT2D eigenvalue weighted by atomic mass is 16.3. The highest BCUT2D eigenvalue weighted by Gasteiger charge is 2.04. The Morgan fingerprint density at radius 1 is 1.14 bits per heavy atom. The van der Waals surface area contributed by atoms with Crippen molar-refractivity contribution in [1.82, 2.24) is 5.43 Å². The van der Waals surface area contributed by atoms with Crippen molar-refractivity contribution in [3.05, 3.63) is 76.1 Å². The molecule has 0 atom stereocenters. The Morgan fingerprint density at radius 3 is 2.77 bits per heavy atom. The molecule has 0 saturated heterocycles. The molecule has 5 nitrogen and oxygen atoms in total. The predicted octanol–water partition coefficient (Wildman–Crippen LogP) is 2.62. The fourth-order valence-electron chi connectivity index (χ4n) is 2.09. The molecule has 3 rings (SSSR count). The molecule has 0 unspecified atom stereocenters. The Labute approximate surface area is 126 Å². The van der Waals surface area contributed by atoms with Crippen molar-refractivity contribution in [3.8, 4) is 5.75 Å². The smallest absolute Gasteiger partial charge is 0.201 e. The van der Waals surface area contributed by atoms with E-state index in [4.69, 9.17) is 4.42 Å². The third-order valence-corrected chi connectivity index (χ3v) is 3.26. The first kappa shape index (κ1) is 13.9. The number of rotatable bonds is 4. The molecule has 3 aromatic rings. The minimum Gasteiger partial charge on any atom is -0.508 e. The number of hydrogen-bond donors (Lipinski definition) is 2. The largest absolute Gasteiger partial charge is 0.508 e. The van der Waals surface area contributed by atoms with Crippen LogP contribution in [-0.4, -0.2) is 11.3 Å². The third-order valence-electron chi connectivity index (χ3n) is 3.26. The summed E-state index contributed by atoms with van der Waals surface area (Å²) in [6, 6.07) is 14.0. The molecule has 0 bridgehead atoms. The highest BCUT2D eigenvalue weighted by Crippen LogP contribution is 2.14. The number of hydrazone groups is 1. The Morgan fingerprint density at radius 2 is 1.91 bits per heavy atom. The summed E-state index contributed by atoms with van der Waals surface area (Å²) in [6.07, 6.45) is 2.80. The fraction of sp³-hybridized carbons (Fsp3) is 0.0588. The molecule has 2 N–H and O–H groups in total. The number of phenols is 1. The first-order valence-electron chi connectivity index (χ1n) is 6.79. The van der Waals surface area contributed by atoms with E-state index in [0.29, 0.717) is 23.1 Å². The van der Waals surface area contributed by atoms with Crippen molar-refractivity contribution in [2.75, 3.05) is 0 Å². The molecule has 1 heterocycles. The second-order valence-electron chi connectivity index (χ2n) is 4.74. The van der Waals surface area contributed by atoms with Crippen LogP contribution in [0.3, 0.4) is 0 Å². The van der Waals surface area contributed by atoms with Gasteiger partial charge >= 0.3 is 0 Å². The molecule has 0 spiro atoms. The molecule has 1 aromatic heterocycles. The summed E-state index contributed by atoms with van der Waals surface area (Å²) in [5.74, 6) is 0.204. The minimum atomic E-state index is -0.130. The quantitative estimate of drug-likeness (QED) is 0.573. The normalized spacial score (nSPS) is 11.1. The van der Waals surface area contributed by atoms with E-state index in [0.717, 1.165) is 5.56 Å². The number of para-hydroxylation sites is 2. The zero-order chi connectivity index (χ0) is 15.4. The average Bonchev–Trinajstić information content (AvgIpc) is 2.55. The number of benzene rings is 2. The predicted molar refractivity (Wildman–Crippen MR) is 85.0 cm³/mol.